The third-order valence-electron chi connectivity index (χ3n) is 8.48. The van der Waals surface area contributed by atoms with Crippen molar-refractivity contribution >= 4 is 91.2 Å². The molecule has 3 aromatic heterocycles. The molecule has 2 aliphatic heterocycles. The number of aromatic nitrogens is 4. The second-order valence-corrected chi connectivity index (χ2v) is 10.8. The number of carbonyl (C=O) groups excluding carboxylic acids is 2. The Labute approximate surface area is 275 Å². The van der Waals surface area contributed by atoms with E-state index in [0.717, 1.165) is 28.3 Å². The Morgan fingerprint density at radius 1 is 0.889 bits per heavy atom. The average Bonchev–Trinajstić information content (AvgIpc) is 3.72. The molecular weight excluding hydrogens is 581 g/mol. The van der Waals surface area contributed by atoms with Gasteiger partial charge in [0.05, 0.1) is 29.9 Å². The van der Waals surface area contributed by atoms with Gasteiger partial charge in [-0.1, -0.05) is 54.6 Å². The van der Waals surface area contributed by atoms with Gasteiger partial charge in [0.1, 0.15) is 5.92 Å². The number of methoxy groups -OCH3 is 1. The SMILES string of the molecule is C=CC1=C(C)c2cc3[n-]c(cc4nc(c5c6[n-]c(cc1n2)c(C)c6C(=O)[C@@H]5C(=O)OC)C(/C=C/C(=O)O)=C4C)c(C)c3C=C.[Mg+2]. The van der Waals surface area contributed by atoms with Crippen molar-refractivity contribution in [2.45, 2.75) is 33.6 Å². The van der Waals surface area contributed by atoms with Crippen LogP contribution in [0.2, 0.25) is 0 Å². The van der Waals surface area contributed by atoms with Crippen LogP contribution in [-0.2, 0) is 14.3 Å². The third-order valence-corrected chi connectivity index (χ3v) is 8.48. The van der Waals surface area contributed by atoms with Gasteiger partial charge in [-0.05, 0) is 56.0 Å². The number of hydrogen-bond donors (Lipinski definition) is 1. The summed E-state index contributed by atoms with van der Waals surface area (Å²) in [6.45, 7) is 15.5. The number of ether oxygens (including phenoxy) is 1. The van der Waals surface area contributed by atoms with E-state index in [-0.39, 0.29) is 34.3 Å². The molecule has 3 aromatic rings. The molecule has 1 N–H and O–H groups in total. The van der Waals surface area contributed by atoms with Crippen molar-refractivity contribution in [2.24, 2.45) is 0 Å². The summed E-state index contributed by atoms with van der Waals surface area (Å²) in [5.74, 6) is -3.68. The van der Waals surface area contributed by atoms with Gasteiger partial charge in [0.2, 0.25) is 0 Å². The minimum atomic E-state index is -1.31. The Balaban J connectivity index is 0.00000400. The van der Waals surface area contributed by atoms with Crippen LogP contribution in [0.25, 0.3) is 50.4 Å². The van der Waals surface area contributed by atoms with Crippen molar-refractivity contribution in [1.82, 2.24) is 19.9 Å². The summed E-state index contributed by atoms with van der Waals surface area (Å²) >= 11 is 0. The molecule has 0 unspecified atom stereocenters. The van der Waals surface area contributed by atoms with Crippen LogP contribution in [0.15, 0.2) is 49.6 Å². The van der Waals surface area contributed by atoms with Crippen LogP contribution in [0.1, 0.15) is 75.2 Å². The zero-order chi connectivity index (χ0) is 31.6. The second-order valence-electron chi connectivity index (χ2n) is 10.8. The molecule has 3 aliphatic rings. The summed E-state index contributed by atoms with van der Waals surface area (Å²) in [7, 11) is 1.22. The molecule has 10 heteroatoms. The summed E-state index contributed by atoms with van der Waals surface area (Å²) < 4.78 is 5.07. The zero-order valence-corrected chi connectivity index (χ0v) is 27.0. The van der Waals surface area contributed by atoms with Gasteiger partial charge in [0, 0.05) is 22.8 Å². The molecule has 0 radical (unpaired) electrons. The van der Waals surface area contributed by atoms with Gasteiger partial charge in [-0.2, -0.15) is 0 Å². The van der Waals surface area contributed by atoms with Crippen LogP contribution >= 0.6 is 0 Å². The summed E-state index contributed by atoms with van der Waals surface area (Å²) in [5.41, 5.74) is 9.96. The molecule has 0 saturated carbocycles. The van der Waals surface area contributed by atoms with Crippen molar-refractivity contribution in [3.8, 4) is 0 Å². The molecule has 8 bridgehead atoms. The number of fused-ring (bicyclic) bond motifs is 8. The number of nitrogens with zero attached hydrogens (tertiary/aromatic N) is 4. The van der Waals surface area contributed by atoms with Gasteiger partial charge < -0.3 is 19.8 Å². The quantitative estimate of drug-likeness (QED) is 0.170. The van der Waals surface area contributed by atoms with Crippen LogP contribution in [-0.4, -0.2) is 63.0 Å². The van der Waals surface area contributed by atoms with E-state index in [1.807, 2.05) is 26.0 Å². The predicted octanol–water partition coefficient (Wildman–Crippen LogP) is 5.59. The number of aryl methyl sites for hydroxylation is 2. The maximum absolute atomic E-state index is 13.9. The Morgan fingerprint density at radius 2 is 1.51 bits per heavy atom. The normalized spacial score (nSPS) is 15.5. The monoisotopic (exact) mass is 608 g/mol. The van der Waals surface area contributed by atoms with Gasteiger partial charge in [0.25, 0.3) is 0 Å². The summed E-state index contributed by atoms with van der Waals surface area (Å²) in [6.07, 6.45) is 5.91. The van der Waals surface area contributed by atoms with Crippen LogP contribution in [0, 0.1) is 13.8 Å². The smallest absolute Gasteiger partial charge is 0.657 e. The second kappa shape index (κ2) is 11.6. The van der Waals surface area contributed by atoms with Crippen molar-refractivity contribution in [3.05, 3.63) is 100 Å². The fourth-order valence-electron chi connectivity index (χ4n) is 6.10. The number of hydrogen-bond acceptors (Lipinski definition) is 6. The van der Waals surface area contributed by atoms with Gasteiger partial charge in [-0.15, -0.1) is 22.1 Å². The summed E-state index contributed by atoms with van der Waals surface area (Å²) in [6, 6.07) is 5.52. The van der Waals surface area contributed by atoms with E-state index in [4.69, 9.17) is 24.7 Å². The van der Waals surface area contributed by atoms with Gasteiger partial charge in [-0.3, -0.25) is 9.59 Å². The van der Waals surface area contributed by atoms with E-state index in [9.17, 15) is 19.5 Å². The molecule has 0 fully saturated rings. The molecule has 1 atom stereocenters. The maximum Gasteiger partial charge on any atom is 2.00 e. The van der Waals surface area contributed by atoms with E-state index < -0.39 is 23.6 Å². The Morgan fingerprint density at radius 3 is 2.16 bits per heavy atom. The molecule has 9 nitrogen and oxygen atoms in total. The van der Waals surface area contributed by atoms with Gasteiger partial charge >= 0.3 is 35.0 Å². The minimum absolute atomic E-state index is 0. The summed E-state index contributed by atoms with van der Waals surface area (Å²) in [5, 5.41) is 9.47. The van der Waals surface area contributed by atoms with Crippen LogP contribution in [0.3, 0.4) is 0 Å². The van der Waals surface area contributed by atoms with Crippen LogP contribution < -0.4 is 9.97 Å². The number of esters is 1. The first-order valence-electron chi connectivity index (χ1n) is 13.9. The number of carboxylic acid groups (broad SMARTS) is 1. The fraction of sp³-hybridized carbons (Fsp3) is 0.171. The number of rotatable bonds is 5. The topological polar surface area (TPSA) is 135 Å². The van der Waals surface area contributed by atoms with Gasteiger partial charge in [0.15, 0.2) is 5.78 Å². The molecule has 1 aliphatic carbocycles. The number of carboxylic acids is 1. The average molecular weight is 609 g/mol. The molecule has 0 spiro atoms. The molecule has 0 aromatic carbocycles. The largest absolute Gasteiger partial charge is 2.00 e. The van der Waals surface area contributed by atoms with Crippen LogP contribution in [0.4, 0.5) is 0 Å². The predicted molar refractivity (Wildman–Crippen MR) is 175 cm³/mol. The first-order valence-corrected chi connectivity index (χ1v) is 13.9. The molecule has 6 rings (SSSR count). The summed E-state index contributed by atoms with van der Waals surface area (Å²) in [4.78, 5) is 58.2. The Kier molecular flexibility index (Phi) is 8.15. The molecular formula is C35H28MgN4O5. The molecule has 220 valence electrons. The first kappa shape index (κ1) is 31.6. The van der Waals surface area contributed by atoms with Crippen molar-refractivity contribution < 1.29 is 24.2 Å². The van der Waals surface area contributed by atoms with Crippen molar-refractivity contribution in [2.75, 3.05) is 7.11 Å². The number of carbonyl (C=O) groups is 3. The number of aliphatic carboxylic acids is 1. The minimum Gasteiger partial charge on any atom is -0.657 e. The number of ketones is 1. The first-order chi connectivity index (χ1) is 21.0. The molecule has 5 heterocycles. The van der Waals surface area contributed by atoms with E-state index in [1.54, 1.807) is 32.1 Å². The maximum atomic E-state index is 13.9. The third kappa shape index (κ3) is 4.81. The standard InChI is InChI=1S/C35H30N4O5.Mg/c1-8-19-15(3)22-12-24-17(5)21(10-11-28(40)41)32(38-24)30-31(35(43)44-7)34(42)29-18(6)25(39-33(29)30)14-27-20(9-2)16(4)23(37-27)13-26(19)36-22;/h8-14,31H,1-2H2,3-7H3,(H3,36,37,38,39,40,41,42);/q;+2/p-2/b11-10+,22-12?,23-13?,24-12?,25-14?,26-13?,27-14?,32-30?;/t31-;/m1./s1. The van der Waals surface area contributed by atoms with Crippen molar-refractivity contribution in [3.63, 3.8) is 0 Å². The Hall–Kier alpha value is -4.80. The van der Waals surface area contributed by atoms with E-state index in [2.05, 4.69) is 13.2 Å². The molecule has 45 heavy (non-hydrogen) atoms. The molecule has 0 saturated heterocycles. The fourth-order valence-corrected chi connectivity index (χ4v) is 6.10. The zero-order valence-electron chi connectivity index (χ0n) is 25.6. The van der Waals surface area contributed by atoms with Crippen LogP contribution in [0.5, 0.6) is 0 Å². The van der Waals surface area contributed by atoms with Gasteiger partial charge in [-0.25, -0.2) is 14.8 Å². The number of allylic oxidation sites excluding steroid dienone is 6. The number of Topliss-reactive ketones (excluding diaryl/α,β-unsaturated/α-hetero) is 1. The molecule has 0 amide bonds. The van der Waals surface area contributed by atoms with E-state index in [1.165, 1.54) is 13.2 Å². The Bertz CT molecular complexity index is 2160. The van der Waals surface area contributed by atoms with E-state index >= 15 is 0 Å². The van der Waals surface area contributed by atoms with Crippen molar-refractivity contribution in [1.29, 1.82) is 0 Å². The van der Waals surface area contributed by atoms with E-state index in [0.29, 0.717) is 61.4 Å².